The van der Waals surface area contributed by atoms with Crippen LogP contribution in [0.1, 0.15) is 40.5 Å². The molecule has 0 aliphatic carbocycles. The van der Waals surface area contributed by atoms with Crippen molar-refractivity contribution in [1.82, 2.24) is 0 Å². The molecule has 0 amide bonds. The van der Waals surface area contributed by atoms with Crippen LogP contribution in [0.15, 0.2) is 16.1 Å². The number of hydrogen-bond acceptors (Lipinski definition) is 3. The van der Waals surface area contributed by atoms with Crippen LogP contribution in [-0.4, -0.2) is 31.0 Å². The second kappa shape index (κ2) is 5.36. The van der Waals surface area contributed by atoms with Crippen molar-refractivity contribution < 1.29 is 9.31 Å². The molecule has 0 aromatic rings. The van der Waals surface area contributed by atoms with Gasteiger partial charge in [-0.25, -0.2) is 0 Å². The zero-order chi connectivity index (χ0) is 13.3. The molecular weight excluding hydrogens is 248 g/mol. The molecule has 0 N–H and O–H groups in total. The number of hydrogen-bond donors (Lipinski definition) is 0. The highest BCUT2D eigenvalue weighted by Gasteiger charge is 2.45. The highest BCUT2D eigenvalue weighted by atomic mass is 35.5. The lowest BCUT2D eigenvalue weighted by Gasteiger charge is -2.21. The summed E-state index contributed by atoms with van der Waals surface area (Å²) in [5.74, 6) is 0.416. The topological polar surface area (TPSA) is 30.8 Å². The molecule has 3 nitrogen and oxygen atoms in total. The van der Waals surface area contributed by atoms with Crippen LogP contribution in [0, 0.1) is 5.92 Å². The van der Waals surface area contributed by atoms with Gasteiger partial charge in [0.05, 0.1) is 17.3 Å². The summed E-state index contributed by atoms with van der Waals surface area (Å²) in [5, 5.41) is 0.873. The highest BCUT2D eigenvalue weighted by Crippen LogP contribution is 2.30. The largest absolute Gasteiger partial charge is 0.513 e. The van der Waals surface area contributed by atoms with Crippen LogP contribution in [0.3, 0.4) is 0 Å². The molecule has 0 aromatic heterocycles. The predicted molar refractivity (Wildman–Crippen MR) is 76.1 cm³/mol. The molecule has 2 aliphatic heterocycles. The molecule has 0 saturated carbocycles. The normalized spacial score (nSPS) is 31.9. The number of halogens is 1. The fourth-order valence-corrected chi connectivity index (χ4v) is 2.59. The summed E-state index contributed by atoms with van der Waals surface area (Å²) < 4.78 is 11.7. The number of nitrogens with zero attached hydrogens (tertiary/aromatic N) is 1. The van der Waals surface area contributed by atoms with E-state index in [1.807, 2.05) is 26.8 Å². The van der Waals surface area contributed by atoms with Crippen molar-refractivity contribution in [1.29, 1.82) is 0 Å². The molecule has 18 heavy (non-hydrogen) atoms. The van der Waals surface area contributed by atoms with Gasteiger partial charge in [0.15, 0.2) is 0 Å². The molecule has 2 unspecified atom stereocenters. The molecule has 0 spiro atoms. The van der Waals surface area contributed by atoms with Gasteiger partial charge in [-0.2, -0.15) is 0 Å². The van der Waals surface area contributed by atoms with Crippen LogP contribution >= 0.6 is 11.6 Å². The van der Waals surface area contributed by atoms with Gasteiger partial charge in [0.25, 0.3) is 0 Å². The van der Waals surface area contributed by atoms with Crippen LogP contribution < -0.4 is 0 Å². The second-order valence-electron chi connectivity index (χ2n) is 5.56. The van der Waals surface area contributed by atoms with E-state index < -0.39 is 0 Å². The first kappa shape index (κ1) is 14.1. The lowest BCUT2D eigenvalue weighted by molar-refractivity contribution is 0.0843. The van der Waals surface area contributed by atoms with Gasteiger partial charge in [-0.3, -0.25) is 4.99 Å². The van der Waals surface area contributed by atoms with Crippen molar-refractivity contribution in [2.24, 2.45) is 10.9 Å². The second-order valence-corrected chi connectivity index (χ2v) is 6.00. The van der Waals surface area contributed by atoms with E-state index in [0.717, 1.165) is 30.0 Å². The van der Waals surface area contributed by atoms with E-state index in [2.05, 4.69) is 11.9 Å². The number of allylic oxidation sites excluding steroid dienone is 2. The summed E-state index contributed by atoms with van der Waals surface area (Å²) >= 11 is 6.34. The molecular formula is C13H21BClNO2. The van der Waals surface area contributed by atoms with E-state index in [1.165, 1.54) is 0 Å². The Morgan fingerprint density at radius 3 is 2.83 bits per heavy atom. The van der Waals surface area contributed by atoms with Crippen molar-refractivity contribution in [3.63, 3.8) is 0 Å². The van der Waals surface area contributed by atoms with Gasteiger partial charge in [-0.15, -0.1) is 0 Å². The van der Waals surface area contributed by atoms with Crippen LogP contribution in [0.2, 0.25) is 0 Å². The maximum atomic E-state index is 6.34. The van der Waals surface area contributed by atoms with E-state index >= 15 is 0 Å². The Labute approximate surface area is 115 Å². The van der Waals surface area contributed by atoms with E-state index in [0.29, 0.717) is 5.92 Å². The zero-order valence-electron chi connectivity index (χ0n) is 11.6. The summed E-state index contributed by atoms with van der Waals surface area (Å²) in [6, 6.07) is 0. The van der Waals surface area contributed by atoms with E-state index in [4.69, 9.17) is 20.9 Å². The monoisotopic (exact) mass is 269 g/mol. The minimum Gasteiger partial charge on any atom is -0.401 e. The van der Waals surface area contributed by atoms with Gasteiger partial charge < -0.3 is 9.31 Å². The Kier molecular flexibility index (Phi) is 4.20. The first-order chi connectivity index (χ1) is 8.44. The smallest absolute Gasteiger partial charge is 0.401 e. The SMILES string of the molecule is CCC1CCN=C(B2OC(C)C(C)(C)O2)C=C1Cl. The van der Waals surface area contributed by atoms with Crippen molar-refractivity contribution in [3.05, 3.63) is 11.1 Å². The van der Waals surface area contributed by atoms with Crippen molar-refractivity contribution >= 4 is 24.3 Å². The van der Waals surface area contributed by atoms with Gasteiger partial charge in [0, 0.05) is 11.6 Å². The zero-order valence-corrected chi connectivity index (χ0v) is 12.3. The molecule has 100 valence electrons. The van der Waals surface area contributed by atoms with Crippen LogP contribution in [0.5, 0.6) is 0 Å². The van der Waals surface area contributed by atoms with Gasteiger partial charge >= 0.3 is 7.12 Å². The summed E-state index contributed by atoms with van der Waals surface area (Å²) in [5.41, 5.74) is 0.553. The van der Waals surface area contributed by atoms with Gasteiger partial charge in [-0.1, -0.05) is 18.5 Å². The summed E-state index contributed by atoms with van der Waals surface area (Å²) in [6.45, 7) is 9.04. The van der Waals surface area contributed by atoms with Crippen molar-refractivity contribution in [2.75, 3.05) is 6.54 Å². The molecule has 0 bridgehead atoms. The first-order valence-corrected chi connectivity index (χ1v) is 7.06. The Bertz CT molecular complexity index is 381. The molecule has 2 heterocycles. The summed E-state index contributed by atoms with van der Waals surface area (Å²) in [6.07, 6.45) is 4.04. The average Bonchev–Trinajstić information content (AvgIpc) is 2.49. The Morgan fingerprint density at radius 1 is 1.56 bits per heavy atom. The number of aliphatic imine (C=N–C) groups is 1. The molecule has 1 fully saturated rings. The lowest BCUT2D eigenvalue weighted by atomic mass is 9.81. The predicted octanol–water partition coefficient (Wildman–Crippen LogP) is 3.22. The quantitative estimate of drug-likeness (QED) is 0.721. The Hall–Kier alpha value is -0.315. The Balaban J connectivity index is 2.14. The molecule has 2 rings (SSSR count). The molecule has 1 saturated heterocycles. The number of rotatable bonds is 2. The first-order valence-electron chi connectivity index (χ1n) is 6.68. The third-order valence-corrected chi connectivity index (χ3v) is 4.32. The molecule has 0 aromatic carbocycles. The third-order valence-electron chi connectivity index (χ3n) is 3.90. The molecule has 2 atom stereocenters. The van der Waals surface area contributed by atoms with Crippen LogP contribution in [-0.2, 0) is 9.31 Å². The van der Waals surface area contributed by atoms with E-state index in [1.54, 1.807) is 0 Å². The van der Waals surface area contributed by atoms with Crippen LogP contribution in [0.4, 0.5) is 0 Å². The third kappa shape index (κ3) is 2.81. The fraction of sp³-hybridized carbons (Fsp3) is 0.769. The van der Waals surface area contributed by atoms with E-state index in [-0.39, 0.29) is 18.8 Å². The molecule has 0 radical (unpaired) electrons. The van der Waals surface area contributed by atoms with Crippen molar-refractivity contribution in [2.45, 2.75) is 52.2 Å². The summed E-state index contributed by atoms with van der Waals surface area (Å²) in [4.78, 5) is 4.56. The maximum absolute atomic E-state index is 6.34. The minimum atomic E-state index is -0.376. The van der Waals surface area contributed by atoms with E-state index in [9.17, 15) is 0 Å². The summed E-state index contributed by atoms with van der Waals surface area (Å²) in [7, 11) is -0.376. The highest BCUT2D eigenvalue weighted by molar-refractivity contribution is 6.85. The van der Waals surface area contributed by atoms with Gasteiger partial charge in [0.1, 0.15) is 0 Å². The average molecular weight is 270 g/mol. The van der Waals surface area contributed by atoms with Gasteiger partial charge in [-0.05, 0) is 45.6 Å². The molecule has 5 heteroatoms. The standard InChI is InChI=1S/C13H21BClNO2/c1-5-10-6-7-16-12(8-11(10)15)14-17-9(2)13(3,4)18-14/h8-10H,5-7H2,1-4H3. The minimum absolute atomic E-state index is 0.0580. The fourth-order valence-electron chi connectivity index (χ4n) is 2.21. The lowest BCUT2D eigenvalue weighted by Crippen LogP contribution is -2.32. The van der Waals surface area contributed by atoms with Gasteiger partial charge in [0.2, 0.25) is 0 Å². The van der Waals surface area contributed by atoms with Crippen molar-refractivity contribution in [3.8, 4) is 0 Å². The van der Waals surface area contributed by atoms with Crippen LogP contribution in [0.25, 0.3) is 0 Å². The molecule has 2 aliphatic rings. The maximum Gasteiger partial charge on any atom is 0.513 e. The Morgan fingerprint density at radius 2 is 2.28 bits per heavy atom.